The van der Waals surface area contributed by atoms with Crippen molar-refractivity contribution >= 4 is 12.2 Å². The van der Waals surface area contributed by atoms with Crippen LogP contribution in [-0.4, -0.2) is 17.2 Å². The summed E-state index contributed by atoms with van der Waals surface area (Å²) in [6.07, 6.45) is 4.91. The third kappa shape index (κ3) is 2.09. The second-order valence-corrected chi connectivity index (χ2v) is 2.30. The molecule has 1 aromatic rings. The van der Waals surface area contributed by atoms with Gasteiger partial charge in [0.15, 0.2) is 0 Å². The molecule has 1 aromatic heterocycles. The van der Waals surface area contributed by atoms with Gasteiger partial charge in [0.1, 0.15) is 0 Å². The first-order valence-corrected chi connectivity index (χ1v) is 3.78. The zero-order chi connectivity index (χ0) is 9.64. The summed E-state index contributed by atoms with van der Waals surface area (Å²) in [7, 11) is 0. The molecule has 1 aliphatic heterocycles. The van der Waals surface area contributed by atoms with Crippen molar-refractivity contribution < 1.29 is 0 Å². The van der Waals surface area contributed by atoms with Crippen LogP contribution in [0.25, 0.3) is 0 Å². The van der Waals surface area contributed by atoms with Crippen molar-refractivity contribution in [1.82, 2.24) is 4.98 Å². The van der Waals surface area contributed by atoms with E-state index in [2.05, 4.69) is 35.9 Å². The molecule has 2 heterocycles. The van der Waals surface area contributed by atoms with Crippen LogP contribution < -0.4 is 0 Å². The Bertz CT molecular complexity index is 403. The van der Waals surface area contributed by atoms with E-state index in [1.165, 1.54) is 0 Å². The number of nitrogens with zero attached hydrogens (tertiary/aromatic N) is 7. The molecule has 0 bridgehead atoms. The van der Waals surface area contributed by atoms with Gasteiger partial charge >= 0.3 is 5.96 Å². The van der Waals surface area contributed by atoms with E-state index < -0.39 is 0 Å². The second kappa shape index (κ2) is 4.08. The predicted octanol–water partition coefficient (Wildman–Crippen LogP) is 1.60. The van der Waals surface area contributed by atoms with E-state index in [9.17, 15) is 0 Å². The Morgan fingerprint density at radius 2 is 1.79 bits per heavy atom. The summed E-state index contributed by atoms with van der Waals surface area (Å²) in [5.74, 6) is 0.148. The fourth-order valence-corrected chi connectivity index (χ4v) is 0.777. The maximum atomic E-state index is 3.87. The van der Waals surface area contributed by atoms with Crippen LogP contribution >= 0.6 is 0 Å². The Labute approximate surface area is 79.0 Å². The molecule has 0 unspecified atom stereocenters. The van der Waals surface area contributed by atoms with Gasteiger partial charge in [-0.15, -0.1) is 5.10 Å². The monoisotopic (exact) mass is 187 g/mol. The van der Waals surface area contributed by atoms with E-state index in [4.69, 9.17) is 0 Å². The van der Waals surface area contributed by atoms with Gasteiger partial charge in [0, 0.05) is 12.4 Å². The first-order chi connectivity index (χ1) is 6.95. The van der Waals surface area contributed by atoms with Gasteiger partial charge in [-0.25, -0.2) is 0 Å². The Morgan fingerprint density at radius 3 is 2.50 bits per heavy atom. The molecular weight excluding hydrogens is 182 g/mol. The molecule has 7 heteroatoms. The van der Waals surface area contributed by atoms with Gasteiger partial charge in [-0.2, -0.15) is 5.10 Å². The molecule has 0 aliphatic carbocycles. The fraction of sp³-hybridized carbons (Fsp3) is 0. The van der Waals surface area contributed by atoms with Crippen LogP contribution in [0.15, 0.2) is 55.4 Å². The molecule has 0 radical (unpaired) electrons. The van der Waals surface area contributed by atoms with Crippen LogP contribution in [0.2, 0.25) is 0 Å². The lowest BCUT2D eigenvalue weighted by Crippen LogP contribution is -1.82. The van der Waals surface area contributed by atoms with Crippen molar-refractivity contribution in [3.63, 3.8) is 0 Å². The van der Waals surface area contributed by atoms with Crippen LogP contribution in [0.3, 0.4) is 0 Å². The molecule has 0 atom stereocenters. The highest BCUT2D eigenvalue weighted by Gasteiger charge is 1.97. The number of aromatic nitrogens is 1. The van der Waals surface area contributed by atoms with Crippen molar-refractivity contribution in [3.05, 3.63) is 30.1 Å². The normalized spacial score (nSPS) is 14.1. The molecule has 0 N–H and O–H groups in total. The smallest absolute Gasteiger partial charge is 0.265 e. The summed E-state index contributed by atoms with van der Waals surface area (Å²) < 4.78 is 0. The molecule has 0 aromatic carbocycles. The first kappa shape index (κ1) is 8.30. The van der Waals surface area contributed by atoms with Gasteiger partial charge in [-0.1, -0.05) is 10.2 Å². The van der Waals surface area contributed by atoms with Crippen molar-refractivity contribution in [2.75, 3.05) is 0 Å². The zero-order valence-corrected chi connectivity index (χ0v) is 7.02. The average Bonchev–Trinajstić information content (AvgIpc) is 2.72. The third-order valence-corrected chi connectivity index (χ3v) is 1.37. The van der Waals surface area contributed by atoms with Gasteiger partial charge in [-0.3, -0.25) is 4.98 Å². The molecule has 0 amide bonds. The average molecular weight is 187 g/mol. The summed E-state index contributed by atoms with van der Waals surface area (Å²) in [6, 6.07) is 3.61. The molecule has 0 fully saturated rings. The zero-order valence-electron chi connectivity index (χ0n) is 7.02. The van der Waals surface area contributed by atoms with E-state index in [-0.39, 0.29) is 5.96 Å². The summed E-state index contributed by atoms with van der Waals surface area (Å²) >= 11 is 0. The summed E-state index contributed by atoms with van der Waals surface area (Å²) in [6.45, 7) is 0. The highest BCUT2D eigenvalue weighted by Crippen LogP contribution is 1.98. The van der Waals surface area contributed by atoms with E-state index in [0.29, 0.717) is 0 Å². The Balaban J connectivity index is 2.05. The van der Waals surface area contributed by atoms with Crippen molar-refractivity contribution in [3.8, 4) is 0 Å². The van der Waals surface area contributed by atoms with Crippen LogP contribution in [0.4, 0.5) is 0 Å². The van der Waals surface area contributed by atoms with Crippen LogP contribution in [-0.2, 0) is 0 Å². The lowest BCUT2D eigenvalue weighted by Gasteiger charge is -1.86. The number of hydrogen-bond acceptors (Lipinski definition) is 5. The summed E-state index contributed by atoms with van der Waals surface area (Å²) in [5, 5.41) is 20.9. The fourth-order valence-electron chi connectivity index (χ4n) is 0.777. The number of rotatable bonds is 2. The molecule has 14 heavy (non-hydrogen) atoms. The minimum Gasteiger partial charge on any atom is -0.265 e. The summed E-state index contributed by atoms with van der Waals surface area (Å²) in [5.41, 5.74) is 0.899. The van der Waals surface area contributed by atoms with Gasteiger partial charge in [0.05, 0.1) is 6.21 Å². The van der Waals surface area contributed by atoms with E-state index >= 15 is 0 Å². The Hall–Kier alpha value is -2.31. The van der Waals surface area contributed by atoms with Gasteiger partial charge in [0.25, 0.3) is 0 Å². The molecule has 7 nitrogen and oxygen atoms in total. The SMILES string of the molecule is C(=N\N=C1N=NN=N1)/c1ccncc1. The number of hydrogen-bond donors (Lipinski definition) is 0. The lowest BCUT2D eigenvalue weighted by molar-refractivity contribution is 1.06. The highest BCUT2D eigenvalue weighted by atomic mass is 15.6. The highest BCUT2D eigenvalue weighted by molar-refractivity contribution is 5.83. The predicted molar refractivity (Wildman–Crippen MR) is 49.0 cm³/mol. The minimum absolute atomic E-state index is 0.148. The van der Waals surface area contributed by atoms with E-state index in [0.717, 1.165) is 5.56 Å². The first-order valence-electron chi connectivity index (χ1n) is 3.78. The largest absolute Gasteiger partial charge is 0.309 e. The van der Waals surface area contributed by atoms with E-state index in [1.54, 1.807) is 30.7 Å². The molecule has 0 saturated heterocycles. The Kier molecular flexibility index (Phi) is 2.42. The van der Waals surface area contributed by atoms with Gasteiger partial charge in [-0.05, 0) is 28.1 Å². The maximum absolute atomic E-state index is 3.87. The maximum Gasteiger partial charge on any atom is 0.309 e. The molecule has 0 saturated carbocycles. The third-order valence-electron chi connectivity index (χ3n) is 1.37. The van der Waals surface area contributed by atoms with Gasteiger partial charge in [0.2, 0.25) is 0 Å². The minimum atomic E-state index is 0.148. The van der Waals surface area contributed by atoms with Crippen LogP contribution in [0.1, 0.15) is 5.56 Å². The molecule has 68 valence electrons. The van der Waals surface area contributed by atoms with Crippen LogP contribution in [0.5, 0.6) is 0 Å². The quantitative estimate of drug-likeness (QED) is 0.511. The lowest BCUT2D eigenvalue weighted by atomic mass is 10.3. The van der Waals surface area contributed by atoms with E-state index in [1.807, 2.05) is 0 Å². The molecular formula is C7H5N7. The molecule has 2 rings (SSSR count). The molecule has 1 aliphatic rings. The topological polar surface area (TPSA) is 87.0 Å². The van der Waals surface area contributed by atoms with Gasteiger partial charge < -0.3 is 0 Å². The van der Waals surface area contributed by atoms with Crippen molar-refractivity contribution in [2.24, 2.45) is 30.9 Å². The summed E-state index contributed by atoms with van der Waals surface area (Å²) in [4.78, 5) is 3.87. The van der Waals surface area contributed by atoms with Crippen molar-refractivity contribution in [1.29, 1.82) is 0 Å². The number of guanidine groups is 1. The second-order valence-electron chi connectivity index (χ2n) is 2.30. The van der Waals surface area contributed by atoms with Crippen molar-refractivity contribution in [2.45, 2.75) is 0 Å². The van der Waals surface area contributed by atoms with Crippen LogP contribution in [0, 0.1) is 0 Å². The number of pyridine rings is 1. The molecule has 0 spiro atoms. The standard InChI is InChI=1S/C7H5N7/c1-3-8-4-2-6(1)5-9-10-7-11-13-14-12-7/h1-5H/b9-5+. The Morgan fingerprint density at radius 1 is 1.07 bits per heavy atom.